The number of anilines is 1. The summed E-state index contributed by atoms with van der Waals surface area (Å²) in [4.78, 5) is 17.4. The molecule has 1 fully saturated rings. The average molecular weight is 352 g/mol. The molecule has 1 unspecified atom stereocenters. The normalized spacial score (nSPS) is 18.5. The third-order valence-electron chi connectivity index (χ3n) is 4.61. The number of hydrogen-bond donors (Lipinski definition) is 0. The highest BCUT2D eigenvalue weighted by molar-refractivity contribution is 7.18. The number of hydrogen-bond acceptors (Lipinski definition) is 6. The van der Waals surface area contributed by atoms with E-state index >= 15 is 0 Å². The Morgan fingerprint density at radius 1 is 1.08 bits per heavy atom. The summed E-state index contributed by atoms with van der Waals surface area (Å²) >= 11 is 3.49. The number of para-hydroxylation sites is 1. The van der Waals surface area contributed by atoms with Gasteiger partial charge in [0.1, 0.15) is 22.0 Å². The maximum Gasteiger partial charge on any atom is 0.141 e. The standard InChI is InChI=1S/C18H16N4S2/c1-2-7-15-13(5-1)21-18(24-15)14-6-3-4-9-22(14)16-12-8-10-23-17(12)20-11-19-16/h1-2,5,7-8,10-11,14H,3-4,6,9H2. The number of rotatable bonds is 2. The van der Waals surface area contributed by atoms with Crippen LogP contribution in [0.1, 0.15) is 30.3 Å². The van der Waals surface area contributed by atoms with E-state index < -0.39 is 0 Å². The predicted octanol–water partition coefficient (Wildman–Crippen LogP) is 5.03. The van der Waals surface area contributed by atoms with Gasteiger partial charge in [-0.25, -0.2) is 15.0 Å². The molecule has 3 aromatic heterocycles. The van der Waals surface area contributed by atoms with Gasteiger partial charge in [-0.05, 0) is 42.8 Å². The summed E-state index contributed by atoms with van der Waals surface area (Å²) in [5.74, 6) is 1.06. The lowest BCUT2D eigenvalue weighted by atomic mass is 10.0. The van der Waals surface area contributed by atoms with Gasteiger partial charge in [0, 0.05) is 6.54 Å². The van der Waals surface area contributed by atoms with Crippen LogP contribution in [0.15, 0.2) is 42.0 Å². The Kier molecular flexibility index (Phi) is 3.45. The zero-order chi connectivity index (χ0) is 15.9. The molecule has 0 amide bonds. The van der Waals surface area contributed by atoms with Crippen LogP contribution in [0.25, 0.3) is 20.4 Å². The van der Waals surface area contributed by atoms with Crippen molar-refractivity contribution in [2.75, 3.05) is 11.4 Å². The maximum absolute atomic E-state index is 4.92. The van der Waals surface area contributed by atoms with Gasteiger partial charge in [0.05, 0.1) is 21.6 Å². The topological polar surface area (TPSA) is 41.9 Å². The first kappa shape index (κ1) is 14.3. The maximum atomic E-state index is 4.92. The second kappa shape index (κ2) is 5.79. The molecular formula is C18H16N4S2. The van der Waals surface area contributed by atoms with Crippen molar-refractivity contribution in [2.45, 2.75) is 25.3 Å². The van der Waals surface area contributed by atoms with Crippen LogP contribution in [-0.4, -0.2) is 21.5 Å². The van der Waals surface area contributed by atoms with Crippen LogP contribution >= 0.6 is 22.7 Å². The average Bonchev–Trinajstić information content (AvgIpc) is 3.28. The number of nitrogens with zero attached hydrogens (tertiary/aromatic N) is 4. The van der Waals surface area contributed by atoms with E-state index in [4.69, 9.17) is 4.98 Å². The zero-order valence-corrected chi connectivity index (χ0v) is 14.7. The first-order valence-electron chi connectivity index (χ1n) is 8.20. The molecule has 1 saturated heterocycles. The van der Waals surface area contributed by atoms with E-state index in [0.29, 0.717) is 6.04 Å². The van der Waals surface area contributed by atoms with Gasteiger partial charge in [0.2, 0.25) is 0 Å². The lowest BCUT2D eigenvalue weighted by molar-refractivity contribution is 0.470. The van der Waals surface area contributed by atoms with Gasteiger partial charge < -0.3 is 4.90 Å². The van der Waals surface area contributed by atoms with E-state index in [9.17, 15) is 0 Å². The molecule has 1 aromatic carbocycles. The molecule has 6 heteroatoms. The van der Waals surface area contributed by atoms with Gasteiger partial charge in [-0.15, -0.1) is 22.7 Å². The van der Waals surface area contributed by atoms with Crippen molar-refractivity contribution in [3.05, 3.63) is 47.0 Å². The Bertz CT molecular complexity index is 973. The summed E-state index contributed by atoms with van der Waals surface area (Å²) in [6.07, 6.45) is 5.28. The minimum absolute atomic E-state index is 0.314. The van der Waals surface area contributed by atoms with Crippen molar-refractivity contribution in [3.63, 3.8) is 0 Å². The molecule has 1 aliphatic rings. The minimum Gasteiger partial charge on any atom is -0.347 e. The number of benzene rings is 1. The third kappa shape index (κ3) is 2.29. The van der Waals surface area contributed by atoms with Gasteiger partial charge in [-0.2, -0.15) is 0 Å². The second-order valence-electron chi connectivity index (χ2n) is 6.06. The minimum atomic E-state index is 0.314. The Morgan fingerprint density at radius 3 is 3.00 bits per heavy atom. The largest absolute Gasteiger partial charge is 0.347 e. The summed E-state index contributed by atoms with van der Waals surface area (Å²) in [5, 5.41) is 4.47. The van der Waals surface area contributed by atoms with Crippen LogP contribution in [0.2, 0.25) is 0 Å². The fourth-order valence-electron chi connectivity index (χ4n) is 3.48. The van der Waals surface area contributed by atoms with Crippen LogP contribution in [0.3, 0.4) is 0 Å². The quantitative estimate of drug-likeness (QED) is 0.507. The highest BCUT2D eigenvalue weighted by Crippen LogP contribution is 2.40. The SMILES string of the molecule is c1ccc2sc(C3CCCCN3c3ncnc4sccc34)nc2c1. The van der Waals surface area contributed by atoms with Gasteiger partial charge in [-0.1, -0.05) is 12.1 Å². The van der Waals surface area contributed by atoms with E-state index in [-0.39, 0.29) is 0 Å². The fraction of sp³-hybridized carbons (Fsp3) is 0.278. The molecule has 0 saturated carbocycles. The van der Waals surface area contributed by atoms with Gasteiger partial charge in [0.25, 0.3) is 0 Å². The van der Waals surface area contributed by atoms with E-state index in [1.165, 1.54) is 22.5 Å². The first-order valence-corrected chi connectivity index (χ1v) is 9.90. The van der Waals surface area contributed by atoms with Crippen LogP contribution in [-0.2, 0) is 0 Å². The van der Waals surface area contributed by atoms with Crippen molar-refractivity contribution in [2.24, 2.45) is 0 Å². The number of fused-ring (bicyclic) bond motifs is 2. The van der Waals surface area contributed by atoms with Crippen molar-refractivity contribution < 1.29 is 0 Å². The fourth-order valence-corrected chi connectivity index (χ4v) is 5.32. The van der Waals surface area contributed by atoms with E-state index in [1.807, 2.05) is 11.3 Å². The Labute approximate surface area is 147 Å². The number of piperidine rings is 1. The van der Waals surface area contributed by atoms with Gasteiger partial charge >= 0.3 is 0 Å². The Hall–Kier alpha value is -2.05. The summed E-state index contributed by atoms with van der Waals surface area (Å²) in [7, 11) is 0. The lowest BCUT2D eigenvalue weighted by Gasteiger charge is -2.35. The van der Waals surface area contributed by atoms with Crippen molar-refractivity contribution in [1.29, 1.82) is 0 Å². The third-order valence-corrected chi connectivity index (χ3v) is 6.57. The number of aromatic nitrogens is 3. The molecule has 4 nitrogen and oxygen atoms in total. The Balaban J connectivity index is 1.62. The van der Waals surface area contributed by atoms with Crippen molar-refractivity contribution >= 4 is 48.9 Å². The summed E-state index contributed by atoms with van der Waals surface area (Å²) in [6, 6.07) is 10.9. The Morgan fingerprint density at radius 2 is 2.04 bits per heavy atom. The summed E-state index contributed by atoms with van der Waals surface area (Å²) in [6.45, 7) is 1.03. The predicted molar refractivity (Wildman–Crippen MR) is 101 cm³/mol. The monoisotopic (exact) mass is 352 g/mol. The van der Waals surface area contributed by atoms with E-state index in [2.05, 4.69) is 50.6 Å². The highest BCUT2D eigenvalue weighted by Gasteiger charge is 2.29. The molecule has 0 N–H and O–H groups in total. The van der Waals surface area contributed by atoms with E-state index in [1.54, 1.807) is 17.7 Å². The smallest absolute Gasteiger partial charge is 0.141 e. The molecule has 0 aliphatic carbocycles. The van der Waals surface area contributed by atoms with Crippen molar-refractivity contribution in [1.82, 2.24) is 15.0 Å². The first-order chi connectivity index (χ1) is 11.9. The molecule has 24 heavy (non-hydrogen) atoms. The van der Waals surface area contributed by atoms with Crippen LogP contribution in [0.4, 0.5) is 5.82 Å². The molecule has 0 spiro atoms. The molecular weight excluding hydrogens is 336 g/mol. The number of thiophene rings is 1. The zero-order valence-electron chi connectivity index (χ0n) is 13.1. The molecule has 1 atom stereocenters. The molecule has 120 valence electrons. The molecule has 1 aliphatic heterocycles. The molecule has 4 aromatic rings. The summed E-state index contributed by atoms with van der Waals surface area (Å²) < 4.78 is 1.27. The summed E-state index contributed by atoms with van der Waals surface area (Å²) in [5.41, 5.74) is 1.10. The molecule has 0 bridgehead atoms. The van der Waals surface area contributed by atoms with Gasteiger partial charge in [0.15, 0.2) is 0 Å². The van der Waals surface area contributed by atoms with Crippen LogP contribution in [0.5, 0.6) is 0 Å². The molecule has 4 heterocycles. The van der Waals surface area contributed by atoms with Gasteiger partial charge in [-0.3, -0.25) is 0 Å². The molecule has 5 rings (SSSR count). The lowest BCUT2D eigenvalue weighted by Crippen LogP contribution is -2.34. The second-order valence-corrected chi connectivity index (χ2v) is 8.02. The van der Waals surface area contributed by atoms with Crippen LogP contribution < -0.4 is 4.90 Å². The highest BCUT2D eigenvalue weighted by atomic mass is 32.1. The van der Waals surface area contributed by atoms with Crippen molar-refractivity contribution in [3.8, 4) is 0 Å². The number of thiazole rings is 1. The van der Waals surface area contributed by atoms with E-state index in [0.717, 1.165) is 34.5 Å². The van der Waals surface area contributed by atoms with Crippen LogP contribution in [0, 0.1) is 0 Å². The molecule has 0 radical (unpaired) electrons.